The van der Waals surface area contributed by atoms with Crippen LogP contribution < -0.4 is 4.74 Å². The predicted molar refractivity (Wildman–Crippen MR) is 104 cm³/mol. The van der Waals surface area contributed by atoms with Gasteiger partial charge in [0.1, 0.15) is 30.1 Å². The molecule has 2 saturated heterocycles. The highest BCUT2D eigenvalue weighted by Gasteiger charge is 2.51. The minimum Gasteiger partial charge on any atom is -0.497 e. The van der Waals surface area contributed by atoms with Gasteiger partial charge in [-0.2, -0.15) is 0 Å². The Balaban J connectivity index is 1.49. The fraction of sp³-hybridized carbons (Fsp3) is 0.429. The van der Waals surface area contributed by atoms with Gasteiger partial charge >= 0.3 is 0 Å². The van der Waals surface area contributed by atoms with Gasteiger partial charge in [-0.1, -0.05) is 47.6 Å². The molecule has 2 aliphatic rings. The van der Waals surface area contributed by atoms with Crippen molar-refractivity contribution in [1.29, 1.82) is 0 Å². The second kappa shape index (κ2) is 9.26. The lowest BCUT2D eigenvalue weighted by atomic mass is 9.98. The van der Waals surface area contributed by atoms with Crippen molar-refractivity contribution in [2.75, 3.05) is 13.7 Å². The van der Waals surface area contributed by atoms with Gasteiger partial charge < -0.3 is 23.7 Å². The first-order valence-corrected chi connectivity index (χ1v) is 9.50. The van der Waals surface area contributed by atoms with Crippen molar-refractivity contribution in [3.05, 3.63) is 76.2 Å². The van der Waals surface area contributed by atoms with Gasteiger partial charge in [-0.05, 0) is 28.8 Å². The SMILES string of the molecule is COc1ccc(CO[C@H]2C(OCc3ccccc3)[C@@H](N=[N+]=[N-])[C@@H]3OC[C@H]2O3)cc1. The average Bonchev–Trinajstić information content (AvgIpc) is 3.20. The summed E-state index contributed by atoms with van der Waals surface area (Å²) >= 11 is 0. The fourth-order valence-electron chi connectivity index (χ4n) is 3.61. The lowest BCUT2D eigenvalue weighted by Crippen LogP contribution is -2.55. The normalized spacial score (nSPS) is 28.0. The van der Waals surface area contributed by atoms with Crippen molar-refractivity contribution >= 4 is 0 Å². The quantitative estimate of drug-likeness (QED) is 0.385. The molecule has 0 saturated carbocycles. The maximum Gasteiger partial charge on any atom is 0.169 e. The van der Waals surface area contributed by atoms with Gasteiger partial charge in [-0.15, -0.1) is 0 Å². The van der Waals surface area contributed by atoms with E-state index >= 15 is 0 Å². The molecule has 2 aromatic rings. The molecule has 2 bridgehead atoms. The lowest BCUT2D eigenvalue weighted by molar-refractivity contribution is -0.211. The summed E-state index contributed by atoms with van der Waals surface area (Å²) in [6.45, 7) is 1.12. The molecule has 0 aliphatic carbocycles. The molecule has 1 unspecified atom stereocenters. The fourth-order valence-corrected chi connectivity index (χ4v) is 3.61. The number of fused-ring (bicyclic) bond motifs is 2. The Kier molecular flexibility index (Phi) is 6.29. The van der Waals surface area contributed by atoms with Crippen molar-refractivity contribution in [3.8, 4) is 5.75 Å². The highest BCUT2D eigenvalue weighted by Crippen LogP contribution is 2.34. The summed E-state index contributed by atoms with van der Waals surface area (Å²) in [4.78, 5) is 2.97. The summed E-state index contributed by atoms with van der Waals surface area (Å²) in [6, 6.07) is 16.9. The molecule has 2 heterocycles. The van der Waals surface area contributed by atoms with E-state index in [0.29, 0.717) is 19.8 Å². The Morgan fingerprint density at radius 3 is 2.38 bits per heavy atom. The lowest BCUT2D eigenvalue weighted by Gasteiger charge is -2.38. The van der Waals surface area contributed by atoms with Crippen LogP contribution in [0.2, 0.25) is 0 Å². The van der Waals surface area contributed by atoms with Gasteiger partial charge in [0.05, 0.1) is 26.9 Å². The number of hydrogen-bond donors (Lipinski definition) is 0. The van der Waals surface area contributed by atoms with Crippen LogP contribution in [0.4, 0.5) is 0 Å². The largest absolute Gasteiger partial charge is 0.497 e. The van der Waals surface area contributed by atoms with Crippen LogP contribution >= 0.6 is 0 Å². The summed E-state index contributed by atoms with van der Waals surface area (Å²) in [5.74, 6) is 0.786. The second-order valence-corrected chi connectivity index (χ2v) is 6.96. The van der Waals surface area contributed by atoms with Crippen molar-refractivity contribution < 1.29 is 23.7 Å². The van der Waals surface area contributed by atoms with Crippen molar-refractivity contribution in [2.45, 2.75) is 43.9 Å². The molecule has 0 N–H and O–H groups in total. The van der Waals surface area contributed by atoms with E-state index in [-0.39, 0.29) is 6.10 Å². The van der Waals surface area contributed by atoms with E-state index < -0.39 is 24.5 Å². The smallest absolute Gasteiger partial charge is 0.169 e. The topological polar surface area (TPSA) is 94.9 Å². The zero-order valence-electron chi connectivity index (χ0n) is 16.1. The molecule has 8 heteroatoms. The van der Waals surface area contributed by atoms with Crippen LogP contribution in [0.15, 0.2) is 59.7 Å². The van der Waals surface area contributed by atoms with E-state index in [4.69, 9.17) is 29.2 Å². The third-order valence-electron chi connectivity index (χ3n) is 5.11. The van der Waals surface area contributed by atoms with Crippen LogP contribution in [-0.2, 0) is 32.2 Å². The van der Waals surface area contributed by atoms with Gasteiger partial charge in [-0.3, -0.25) is 0 Å². The van der Waals surface area contributed by atoms with E-state index in [1.54, 1.807) is 7.11 Å². The number of benzene rings is 2. The Bertz CT molecular complexity index is 841. The van der Waals surface area contributed by atoms with E-state index in [1.807, 2.05) is 54.6 Å². The third kappa shape index (κ3) is 4.53. The number of rotatable bonds is 8. The molecule has 152 valence electrons. The summed E-state index contributed by atoms with van der Waals surface area (Å²) in [7, 11) is 1.63. The van der Waals surface area contributed by atoms with Crippen LogP contribution in [-0.4, -0.2) is 44.4 Å². The molecule has 0 aromatic heterocycles. The zero-order valence-corrected chi connectivity index (χ0v) is 16.1. The summed E-state index contributed by atoms with van der Waals surface area (Å²) < 4.78 is 29.1. The summed E-state index contributed by atoms with van der Waals surface area (Å²) in [6.07, 6.45) is -1.78. The van der Waals surface area contributed by atoms with E-state index in [0.717, 1.165) is 16.9 Å². The molecule has 0 spiro atoms. The van der Waals surface area contributed by atoms with Crippen molar-refractivity contribution in [2.24, 2.45) is 5.11 Å². The van der Waals surface area contributed by atoms with Gasteiger partial charge in [0.15, 0.2) is 6.29 Å². The molecular formula is C21H23N3O5. The first kappa shape index (κ1) is 19.7. The van der Waals surface area contributed by atoms with Crippen LogP contribution in [0.3, 0.4) is 0 Å². The Hall–Kier alpha value is -2.61. The van der Waals surface area contributed by atoms with E-state index in [2.05, 4.69) is 10.0 Å². The first-order valence-electron chi connectivity index (χ1n) is 9.50. The predicted octanol–water partition coefficient (Wildman–Crippen LogP) is 3.60. The Morgan fingerprint density at radius 2 is 1.69 bits per heavy atom. The molecule has 2 fully saturated rings. The van der Waals surface area contributed by atoms with Crippen LogP contribution in [0.25, 0.3) is 10.4 Å². The zero-order chi connectivity index (χ0) is 20.1. The number of methoxy groups -OCH3 is 1. The molecule has 29 heavy (non-hydrogen) atoms. The average molecular weight is 397 g/mol. The maximum absolute atomic E-state index is 9.03. The van der Waals surface area contributed by atoms with Crippen LogP contribution in [0, 0.1) is 0 Å². The molecule has 2 aromatic carbocycles. The van der Waals surface area contributed by atoms with Crippen LogP contribution in [0.1, 0.15) is 11.1 Å². The Labute approximate surface area is 168 Å². The summed E-state index contributed by atoms with van der Waals surface area (Å²) in [5, 5.41) is 3.89. The minimum atomic E-state index is -0.622. The van der Waals surface area contributed by atoms with Crippen molar-refractivity contribution in [3.63, 3.8) is 0 Å². The molecule has 4 rings (SSSR count). The third-order valence-corrected chi connectivity index (χ3v) is 5.11. The number of azide groups is 1. The highest BCUT2D eigenvalue weighted by molar-refractivity contribution is 5.26. The second-order valence-electron chi connectivity index (χ2n) is 6.96. The van der Waals surface area contributed by atoms with Crippen molar-refractivity contribution in [1.82, 2.24) is 0 Å². The highest BCUT2D eigenvalue weighted by atomic mass is 16.7. The Morgan fingerprint density at radius 1 is 1.00 bits per heavy atom. The molecule has 2 aliphatic heterocycles. The van der Waals surface area contributed by atoms with Gasteiger partial charge in [0.25, 0.3) is 0 Å². The van der Waals surface area contributed by atoms with Gasteiger partial charge in [0.2, 0.25) is 0 Å². The maximum atomic E-state index is 9.03. The molecule has 0 amide bonds. The first-order chi connectivity index (χ1) is 14.3. The molecule has 8 nitrogen and oxygen atoms in total. The number of nitrogens with zero attached hydrogens (tertiary/aromatic N) is 3. The molecule has 0 radical (unpaired) electrons. The minimum absolute atomic E-state index is 0.274. The van der Waals surface area contributed by atoms with Crippen LogP contribution in [0.5, 0.6) is 5.75 Å². The number of ether oxygens (including phenoxy) is 5. The van der Waals surface area contributed by atoms with Gasteiger partial charge in [-0.25, -0.2) is 0 Å². The summed E-state index contributed by atoms with van der Waals surface area (Å²) in [5.41, 5.74) is 11.1. The number of hydrogen-bond acceptors (Lipinski definition) is 6. The molecular weight excluding hydrogens is 374 g/mol. The van der Waals surface area contributed by atoms with E-state index in [9.17, 15) is 0 Å². The van der Waals surface area contributed by atoms with E-state index in [1.165, 1.54) is 0 Å². The standard InChI is InChI=1S/C21H23N3O5/c1-25-16-9-7-15(8-10-16)12-26-19-17-13-28-21(29-17)18(23-24-22)20(19)27-11-14-5-3-2-4-6-14/h2-10,17-21H,11-13H2,1H3/t17-,18-,19-,20?,21-/m1/s1. The monoisotopic (exact) mass is 397 g/mol. The van der Waals surface area contributed by atoms with Gasteiger partial charge in [0, 0.05) is 4.91 Å². The molecule has 5 atom stereocenters.